The van der Waals surface area contributed by atoms with Crippen molar-refractivity contribution in [3.05, 3.63) is 63.3 Å². The zero-order valence-electron chi connectivity index (χ0n) is 15.5. The van der Waals surface area contributed by atoms with E-state index in [0.29, 0.717) is 10.6 Å². The molecule has 0 atom stereocenters. The Balaban J connectivity index is 2.46. The first kappa shape index (κ1) is 23.4. The largest absolute Gasteiger partial charge is 0.468 e. The highest BCUT2D eigenvalue weighted by Crippen LogP contribution is 2.30. The predicted molar refractivity (Wildman–Crippen MR) is 97.7 cm³/mol. The smallest absolute Gasteiger partial charge is 0.433 e. The normalized spacial score (nSPS) is 11.3. The highest BCUT2D eigenvalue weighted by atomic mass is 35.5. The molecule has 7 nitrogen and oxygen atoms in total. The van der Waals surface area contributed by atoms with Crippen molar-refractivity contribution in [3.8, 4) is 11.7 Å². The number of carbonyl (C=O) groups excluding carboxylic acids is 1. The van der Waals surface area contributed by atoms with E-state index in [1.807, 2.05) is 0 Å². The van der Waals surface area contributed by atoms with Gasteiger partial charge in [0.25, 0.3) is 5.56 Å². The number of nitrogens with zero attached hydrogens (tertiary/aromatic N) is 2. The quantitative estimate of drug-likeness (QED) is 0.265. The van der Waals surface area contributed by atoms with Gasteiger partial charge in [-0.15, -0.1) is 6.58 Å². The van der Waals surface area contributed by atoms with E-state index < -0.39 is 40.9 Å². The molecule has 1 aromatic heterocycles. The summed E-state index contributed by atoms with van der Waals surface area (Å²) in [5.41, 5.74) is -3.73. The summed E-state index contributed by atoms with van der Waals surface area (Å²) in [6, 6.07) is 0.897. The Labute approximate surface area is 172 Å². The van der Waals surface area contributed by atoms with Gasteiger partial charge in [-0.25, -0.2) is 13.8 Å². The number of methoxy groups -OCH3 is 1. The number of alkyl halides is 3. The first-order valence-electron chi connectivity index (χ1n) is 8.20. The predicted octanol–water partition coefficient (Wildman–Crippen LogP) is 3.41. The first-order valence-corrected chi connectivity index (χ1v) is 8.58. The van der Waals surface area contributed by atoms with Crippen LogP contribution < -0.4 is 10.3 Å². The molecule has 2 rings (SSSR count). The van der Waals surface area contributed by atoms with Crippen molar-refractivity contribution in [1.29, 1.82) is 0 Å². The molecule has 1 aromatic carbocycles. The van der Waals surface area contributed by atoms with Crippen LogP contribution in [0.5, 0.6) is 6.01 Å². The number of aromatic nitrogens is 2. The van der Waals surface area contributed by atoms with Crippen molar-refractivity contribution in [2.45, 2.75) is 6.18 Å². The van der Waals surface area contributed by atoms with E-state index in [2.05, 4.69) is 11.6 Å². The summed E-state index contributed by atoms with van der Waals surface area (Å²) in [5, 5.41) is -0.333. The second kappa shape index (κ2) is 9.72. The van der Waals surface area contributed by atoms with Crippen LogP contribution >= 0.6 is 11.6 Å². The Bertz CT molecular complexity index is 1010. The molecule has 0 unspecified atom stereocenters. The molecule has 0 radical (unpaired) electrons. The van der Waals surface area contributed by atoms with Gasteiger partial charge in [0.2, 0.25) is 0 Å². The Kier molecular flexibility index (Phi) is 7.57. The summed E-state index contributed by atoms with van der Waals surface area (Å²) in [6.45, 7) is 3.59. The molecule has 0 aliphatic rings. The molecule has 2 aromatic rings. The van der Waals surface area contributed by atoms with E-state index in [0.717, 1.165) is 13.2 Å². The summed E-state index contributed by atoms with van der Waals surface area (Å²) >= 11 is 5.88. The number of esters is 1. The molecule has 0 bridgehead atoms. The molecule has 0 amide bonds. The molecular formula is C18H15ClF4N2O5. The van der Waals surface area contributed by atoms with Crippen LogP contribution in [0.3, 0.4) is 0 Å². The van der Waals surface area contributed by atoms with E-state index in [1.54, 1.807) is 0 Å². The molecule has 0 saturated heterocycles. The van der Waals surface area contributed by atoms with Gasteiger partial charge in [-0.05, 0) is 12.1 Å². The average Bonchev–Trinajstić information content (AvgIpc) is 2.67. The molecule has 0 saturated carbocycles. The molecule has 1 heterocycles. The second-order valence-corrected chi connectivity index (χ2v) is 5.99. The molecule has 0 fully saturated rings. The Morgan fingerprint density at radius 3 is 2.60 bits per heavy atom. The third-order valence-corrected chi connectivity index (χ3v) is 3.87. The molecule has 0 N–H and O–H groups in total. The molecule has 30 heavy (non-hydrogen) atoms. The summed E-state index contributed by atoms with van der Waals surface area (Å²) < 4.78 is 68.3. The monoisotopic (exact) mass is 450 g/mol. The third kappa shape index (κ3) is 5.36. The minimum absolute atomic E-state index is 0.0551. The van der Waals surface area contributed by atoms with Crippen LogP contribution in [0, 0.1) is 5.82 Å². The molecule has 0 aliphatic carbocycles. The minimum atomic E-state index is -4.92. The topological polar surface area (TPSA) is 79.7 Å². The first-order chi connectivity index (χ1) is 14.1. The van der Waals surface area contributed by atoms with Gasteiger partial charge < -0.3 is 14.2 Å². The van der Waals surface area contributed by atoms with Gasteiger partial charge in [-0.1, -0.05) is 17.7 Å². The number of carbonyl (C=O) groups is 1. The lowest BCUT2D eigenvalue weighted by atomic mass is 10.2. The molecule has 0 aliphatic heterocycles. The van der Waals surface area contributed by atoms with Crippen LogP contribution in [0.25, 0.3) is 5.69 Å². The van der Waals surface area contributed by atoms with E-state index in [-0.39, 0.29) is 36.5 Å². The Hall–Kier alpha value is -2.92. The van der Waals surface area contributed by atoms with Gasteiger partial charge in [-0.2, -0.15) is 18.2 Å². The van der Waals surface area contributed by atoms with Gasteiger partial charge in [0.1, 0.15) is 12.4 Å². The molecular weight excluding hydrogens is 436 g/mol. The number of hydrogen-bond acceptors (Lipinski definition) is 6. The summed E-state index contributed by atoms with van der Waals surface area (Å²) in [7, 11) is 0.949. The van der Waals surface area contributed by atoms with Crippen molar-refractivity contribution in [3.63, 3.8) is 0 Å². The fourth-order valence-corrected chi connectivity index (χ4v) is 2.50. The van der Waals surface area contributed by atoms with Crippen LogP contribution in [0.2, 0.25) is 5.02 Å². The maximum Gasteiger partial charge on any atom is 0.433 e. The molecule has 0 spiro atoms. The van der Waals surface area contributed by atoms with Gasteiger partial charge in [0, 0.05) is 6.07 Å². The average molecular weight is 451 g/mol. The highest BCUT2D eigenvalue weighted by Gasteiger charge is 2.35. The SMILES string of the molecule is C=CCOCCOC(=O)c1cc(-n2c(OC)nc(C(F)(F)F)cc2=O)c(F)cc1Cl. The lowest BCUT2D eigenvalue weighted by Crippen LogP contribution is -2.25. The minimum Gasteiger partial charge on any atom is -0.468 e. The van der Waals surface area contributed by atoms with Crippen molar-refractivity contribution < 1.29 is 36.6 Å². The fraction of sp³-hybridized carbons (Fsp3) is 0.278. The van der Waals surface area contributed by atoms with Crippen LogP contribution in [0.15, 0.2) is 35.6 Å². The van der Waals surface area contributed by atoms with E-state index in [4.69, 9.17) is 25.8 Å². The lowest BCUT2D eigenvalue weighted by molar-refractivity contribution is -0.141. The fourth-order valence-electron chi connectivity index (χ4n) is 2.27. The molecule has 12 heteroatoms. The highest BCUT2D eigenvalue weighted by molar-refractivity contribution is 6.33. The van der Waals surface area contributed by atoms with Crippen LogP contribution in [0.1, 0.15) is 16.1 Å². The second-order valence-electron chi connectivity index (χ2n) is 5.58. The van der Waals surface area contributed by atoms with E-state index in [1.165, 1.54) is 6.08 Å². The van der Waals surface area contributed by atoms with E-state index >= 15 is 0 Å². The number of halogens is 5. The van der Waals surface area contributed by atoms with Crippen molar-refractivity contribution in [2.75, 3.05) is 26.9 Å². The summed E-state index contributed by atoms with van der Waals surface area (Å²) in [4.78, 5) is 27.7. The lowest BCUT2D eigenvalue weighted by Gasteiger charge is -2.15. The number of rotatable bonds is 8. The van der Waals surface area contributed by atoms with E-state index in [9.17, 15) is 27.2 Å². The third-order valence-electron chi connectivity index (χ3n) is 3.55. The standard InChI is InChI=1S/C18H15ClF4N2O5/c1-3-4-29-5-6-30-16(27)10-7-13(12(20)8-11(10)19)25-15(26)9-14(18(21,22)23)24-17(25)28-2/h3,7-9H,1,4-6H2,2H3. The zero-order chi connectivity index (χ0) is 22.5. The maximum atomic E-state index is 14.5. The number of ether oxygens (including phenoxy) is 3. The maximum absolute atomic E-state index is 14.5. The summed E-state index contributed by atoms with van der Waals surface area (Å²) in [6.07, 6.45) is -3.43. The van der Waals surface area contributed by atoms with Crippen LogP contribution in [-0.4, -0.2) is 42.5 Å². The van der Waals surface area contributed by atoms with Gasteiger partial charge in [0.05, 0.1) is 36.6 Å². The van der Waals surface area contributed by atoms with Crippen LogP contribution in [0.4, 0.5) is 17.6 Å². The van der Waals surface area contributed by atoms with Gasteiger partial charge in [-0.3, -0.25) is 4.79 Å². The van der Waals surface area contributed by atoms with Gasteiger partial charge >= 0.3 is 18.2 Å². The Morgan fingerprint density at radius 2 is 2.00 bits per heavy atom. The van der Waals surface area contributed by atoms with Gasteiger partial charge in [0.15, 0.2) is 5.69 Å². The Morgan fingerprint density at radius 1 is 1.30 bits per heavy atom. The van der Waals surface area contributed by atoms with Crippen molar-refractivity contribution in [2.24, 2.45) is 0 Å². The number of benzene rings is 1. The summed E-state index contributed by atoms with van der Waals surface area (Å²) in [5.74, 6) is -2.07. The number of hydrogen-bond donors (Lipinski definition) is 0. The van der Waals surface area contributed by atoms with Crippen molar-refractivity contribution >= 4 is 17.6 Å². The van der Waals surface area contributed by atoms with Crippen LogP contribution in [-0.2, 0) is 15.7 Å². The van der Waals surface area contributed by atoms with Crippen molar-refractivity contribution in [1.82, 2.24) is 9.55 Å². The molecule has 162 valence electrons. The zero-order valence-corrected chi connectivity index (χ0v) is 16.2.